The number of ether oxygens (including phenoxy) is 5. The molecule has 43 heavy (non-hydrogen) atoms. The van der Waals surface area contributed by atoms with Gasteiger partial charge in [0.2, 0.25) is 0 Å². The highest BCUT2D eigenvalue weighted by Crippen LogP contribution is 2.31. The SMILES string of the molecule is O=C(/C=C/c1ccc(O)c(O)c1)O[C@H]1[C@H](O)[C@@H](O[C@@H]2OC[C@@H](O)[C@H](O)[C@H]2O)[C@H](OCCc2ccc(O)c(O)c2)O[C@@H]1CO. The molecule has 2 aromatic rings. The first-order chi connectivity index (χ1) is 20.5. The molecule has 2 saturated heterocycles. The first-order valence-electron chi connectivity index (χ1n) is 13.3. The van der Waals surface area contributed by atoms with E-state index in [0.717, 1.165) is 6.08 Å². The third-order valence-electron chi connectivity index (χ3n) is 6.92. The van der Waals surface area contributed by atoms with Crippen molar-refractivity contribution in [2.24, 2.45) is 0 Å². The number of carbonyl (C=O) groups excluding carboxylic acids is 1. The predicted molar refractivity (Wildman–Crippen MR) is 143 cm³/mol. The maximum absolute atomic E-state index is 12.6. The molecule has 2 fully saturated rings. The molecule has 0 bridgehead atoms. The third-order valence-corrected chi connectivity index (χ3v) is 6.92. The molecule has 9 atom stereocenters. The minimum atomic E-state index is -1.74. The van der Waals surface area contributed by atoms with Crippen molar-refractivity contribution in [3.05, 3.63) is 53.6 Å². The Kier molecular flexibility index (Phi) is 10.8. The summed E-state index contributed by atoms with van der Waals surface area (Å²) in [7, 11) is 0. The Morgan fingerprint density at radius 3 is 2.23 bits per heavy atom. The van der Waals surface area contributed by atoms with Crippen molar-refractivity contribution in [2.45, 2.75) is 61.7 Å². The average Bonchev–Trinajstić information content (AvgIpc) is 2.98. The van der Waals surface area contributed by atoms with Crippen molar-refractivity contribution in [1.29, 1.82) is 0 Å². The summed E-state index contributed by atoms with van der Waals surface area (Å²) in [6.45, 7) is -1.21. The van der Waals surface area contributed by atoms with Gasteiger partial charge >= 0.3 is 5.97 Å². The summed E-state index contributed by atoms with van der Waals surface area (Å²) >= 11 is 0. The fraction of sp³-hybridized carbons (Fsp3) is 0.464. The maximum atomic E-state index is 12.6. The van der Waals surface area contributed by atoms with Crippen molar-refractivity contribution >= 4 is 12.0 Å². The number of hydrogen-bond donors (Lipinski definition) is 9. The minimum Gasteiger partial charge on any atom is -0.504 e. The summed E-state index contributed by atoms with van der Waals surface area (Å²) in [5.41, 5.74) is 0.915. The number of aliphatic hydroxyl groups is 5. The Morgan fingerprint density at radius 2 is 1.56 bits per heavy atom. The van der Waals surface area contributed by atoms with Crippen LogP contribution >= 0.6 is 0 Å². The highest BCUT2D eigenvalue weighted by molar-refractivity contribution is 5.87. The van der Waals surface area contributed by atoms with Crippen LogP contribution in [0.1, 0.15) is 11.1 Å². The summed E-state index contributed by atoms with van der Waals surface area (Å²) < 4.78 is 27.9. The summed E-state index contributed by atoms with van der Waals surface area (Å²) in [6, 6.07) is 7.98. The van der Waals surface area contributed by atoms with Gasteiger partial charge in [0, 0.05) is 6.08 Å². The van der Waals surface area contributed by atoms with Gasteiger partial charge in [-0.3, -0.25) is 0 Å². The van der Waals surface area contributed by atoms with Crippen molar-refractivity contribution in [3.8, 4) is 23.0 Å². The van der Waals surface area contributed by atoms with Crippen LogP contribution in [0.15, 0.2) is 42.5 Å². The molecule has 4 rings (SSSR count). The van der Waals surface area contributed by atoms with E-state index >= 15 is 0 Å². The lowest BCUT2D eigenvalue weighted by Gasteiger charge is -2.45. The zero-order chi connectivity index (χ0) is 31.3. The number of phenolic OH excluding ortho intramolecular Hbond substituents is 4. The van der Waals surface area contributed by atoms with Gasteiger partial charge in [-0.2, -0.15) is 0 Å². The predicted octanol–water partition coefficient (Wildman–Crippen LogP) is -1.40. The molecule has 2 aliphatic heterocycles. The first-order valence-corrected chi connectivity index (χ1v) is 13.3. The van der Waals surface area contributed by atoms with Gasteiger partial charge in [0.25, 0.3) is 0 Å². The van der Waals surface area contributed by atoms with Crippen molar-refractivity contribution in [1.82, 2.24) is 0 Å². The van der Waals surface area contributed by atoms with E-state index in [1.54, 1.807) is 6.07 Å². The second-order valence-electron chi connectivity index (χ2n) is 9.99. The van der Waals surface area contributed by atoms with E-state index in [0.29, 0.717) is 11.1 Å². The van der Waals surface area contributed by atoms with Crippen molar-refractivity contribution in [3.63, 3.8) is 0 Å². The lowest BCUT2D eigenvalue weighted by atomic mass is 9.98. The summed E-state index contributed by atoms with van der Waals surface area (Å²) in [5, 5.41) is 89.7. The van der Waals surface area contributed by atoms with Crippen molar-refractivity contribution in [2.75, 3.05) is 19.8 Å². The van der Waals surface area contributed by atoms with Crippen molar-refractivity contribution < 1.29 is 74.4 Å². The Morgan fingerprint density at radius 1 is 0.860 bits per heavy atom. The van der Waals surface area contributed by atoms with E-state index in [4.69, 9.17) is 23.7 Å². The monoisotopic (exact) mass is 610 g/mol. The van der Waals surface area contributed by atoms with Gasteiger partial charge in [0.1, 0.15) is 36.6 Å². The second kappa shape index (κ2) is 14.3. The fourth-order valence-electron chi connectivity index (χ4n) is 4.52. The van der Waals surface area contributed by atoms with Crippen LogP contribution in [0, 0.1) is 0 Å². The number of carbonyl (C=O) groups is 1. The fourth-order valence-corrected chi connectivity index (χ4v) is 4.52. The molecule has 0 unspecified atom stereocenters. The van der Waals surface area contributed by atoms with Crippen LogP contribution in [0.25, 0.3) is 6.08 Å². The molecule has 0 aromatic heterocycles. The van der Waals surface area contributed by atoms with Gasteiger partial charge in [0.15, 0.2) is 41.7 Å². The van der Waals surface area contributed by atoms with Gasteiger partial charge in [-0.05, 0) is 47.9 Å². The zero-order valence-electron chi connectivity index (χ0n) is 22.6. The standard InChI is InChI=1S/C28H34O15/c29-11-20-25(42-21(35)6-3-13-1-4-15(30)17(32)9-13)24(38)26(43-27-23(37)22(36)19(34)12-40-27)28(41-20)39-8-7-14-2-5-16(31)18(33)10-14/h1-6,9-10,19-20,22-34,36-38H,7-8,11-12H2/b6-3+/t19-,20-,22+,23-,24+,25-,26-,27+,28-/m1/s1. The lowest BCUT2D eigenvalue weighted by Crippen LogP contribution is -2.64. The topological polar surface area (TPSA) is 245 Å². The van der Waals surface area contributed by atoms with E-state index in [2.05, 4.69) is 0 Å². The van der Waals surface area contributed by atoms with E-state index in [9.17, 15) is 50.8 Å². The molecule has 15 nitrogen and oxygen atoms in total. The summed E-state index contributed by atoms with van der Waals surface area (Å²) in [6.07, 6.45) is -11.4. The maximum Gasteiger partial charge on any atom is 0.331 e. The normalized spacial score (nSPS) is 31.2. The molecule has 9 N–H and O–H groups in total. The Bertz CT molecular complexity index is 1270. The minimum absolute atomic E-state index is 0.0817. The average molecular weight is 611 g/mol. The van der Waals surface area contributed by atoms with Gasteiger partial charge in [-0.1, -0.05) is 12.1 Å². The third kappa shape index (κ3) is 7.91. The van der Waals surface area contributed by atoms with Gasteiger partial charge in [-0.15, -0.1) is 0 Å². The number of rotatable bonds is 10. The van der Waals surface area contributed by atoms with E-state index in [1.165, 1.54) is 36.4 Å². The van der Waals surface area contributed by atoms with Crippen LogP contribution in [0.4, 0.5) is 0 Å². The quantitative estimate of drug-likeness (QED) is 0.0853. The van der Waals surface area contributed by atoms with E-state index in [-0.39, 0.29) is 30.3 Å². The number of aromatic hydroxyl groups is 4. The summed E-state index contributed by atoms with van der Waals surface area (Å²) in [4.78, 5) is 12.6. The van der Waals surface area contributed by atoms with Crippen LogP contribution < -0.4 is 0 Å². The van der Waals surface area contributed by atoms with E-state index < -0.39 is 80.2 Å². The van der Waals surface area contributed by atoms with Crippen LogP contribution in [0.2, 0.25) is 0 Å². The first kappa shape index (κ1) is 32.4. The zero-order valence-corrected chi connectivity index (χ0v) is 22.6. The number of hydrogen-bond acceptors (Lipinski definition) is 15. The Hall–Kier alpha value is -3.51. The molecule has 2 aromatic carbocycles. The van der Waals surface area contributed by atoms with Crippen LogP contribution in [0.5, 0.6) is 23.0 Å². The molecule has 15 heteroatoms. The molecule has 0 radical (unpaired) electrons. The number of aliphatic hydroxyl groups excluding tert-OH is 5. The lowest BCUT2D eigenvalue weighted by molar-refractivity contribution is -0.356. The molecule has 2 heterocycles. The summed E-state index contributed by atoms with van der Waals surface area (Å²) in [5.74, 6) is -2.39. The Balaban J connectivity index is 1.49. The molecular weight excluding hydrogens is 576 g/mol. The molecule has 0 spiro atoms. The highest BCUT2D eigenvalue weighted by atomic mass is 16.8. The molecule has 0 saturated carbocycles. The van der Waals surface area contributed by atoms with Gasteiger partial charge < -0.3 is 69.6 Å². The number of benzene rings is 2. The largest absolute Gasteiger partial charge is 0.504 e. The molecular formula is C28H34O15. The van der Waals surface area contributed by atoms with Crippen LogP contribution in [-0.4, -0.2) is 127 Å². The number of esters is 1. The molecule has 236 valence electrons. The Labute approximate surface area is 245 Å². The second-order valence-corrected chi connectivity index (χ2v) is 9.99. The van der Waals surface area contributed by atoms with Gasteiger partial charge in [0.05, 0.1) is 19.8 Å². The molecule has 2 aliphatic rings. The van der Waals surface area contributed by atoms with Gasteiger partial charge in [-0.25, -0.2) is 4.79 Å². The van der Waals surface area contributed by atoms with Crippen LogP contribution in [0.3, 0.4) is 0 Å². The number of phenols is 4. The smallest absolute Gasteiger partial charge is 0.331 e. The highest BCUT2D eigenvalue weighted by Gasteiger charge is 2.51. The molecule has 0 aliphatic carbocycles. The van der Waals surface area contributed by atoms with E-state index in [1.807, 2.05) is 0 Å². The van der Waals surface area contributed by atoms with Crippen LogP contribution in [-0.2, 0) is 34.9 Å². The molecule has 0 amide bonds.